The average Bonchev–Trinajstić information content (AvgIpc) is 2.76. The molecule has 0 N–H and O–H groups in total. The number of rotatable bonds is 4. The normalized spacial score (nSPS) is 25.4. The smallest absolute Gasteiger partial charge is 0.312 e. The van der Waals surface area contributed by atoms with Crippen LogP contribution in [0.5, 0.6) is 0 Å². The van der Waals surface area contributed by atoms with Crippen LogP contribution in [0.1, 0.15) is 59.9 Å². The van der Waals surface area contributed by atoms with Crippen LogP contribution >= 0.6 is 0 Å². The van der Waals surface area contributed by atoms with Gasteiger partial charge in [-0.05, 0) is 51.5 Å². The van der Waals surface area contributed by atoms with E-state index in [4.69, 9.17) is 9.47 Å². The van der Waals surface area contributed by atoms with Gasteiger partial charge in [0.05, 0.1) is 11.3 Å². The van der Waals surface area contributed by atoms with Crippen LogP contribution in [0.3, 0.4) is 0 Å². The molecule has 0 spiro atoms. The molecule has 4 heteroatoms. The molecule has 0 aromatic heterocycles. The van der Waals surface area contributed by atoms with Gasteiger partial charge in [0.25, 0.3) is 0 Å². The maximum atomic E-state index is 12.8. The van der Waals surface area contributed by atoms with Crippen LogP contribution in [0.4, 0.5) is 0 Å². The zero-order valence-corrected chi connectivity index (χ0v) is 16.2. The van der Waals surface area contributed by atoms with Gasteiger partial charge in [-0.15, -0.1) is 0 Å². The summed E-state index contributed by atoms with van der Waals surface area (Å²) in [6.07, 6.45) is 1.26. The van der Waals surface area contributed by atoms with Crippen LogP contribution in [0.15, 0.2) is 30.3 Å². The van der Waals surface area contributed by atoms with E-state index in [1.807, 2.05) is 71.9 Å². The Morgan fingerprint density at radius 2 is 1.72 bits per heavy atom. The molecular weight excluding hydrogens is 316 g/mol. The number of benzene rings is 1. The predicted octanol–water partition coefficient (Wildman–Crippen LogP) is 4.51. The summed E-state index contributed by atoms with van der Waals surface area (Å²) in [6, 6.07) is 9.62. The molecule has 0 bridgehead atoms. The SMILES string of the molecule is CC(C)(C)OC(=O)[C@]1(C)CC[C@@H](C(=O)OCc2ccccc2)C1(C)C. The second kappa shape index (κ2) is 6.81. The molecule has 2 rings (SSSR count). The van der Waals surface area contributed by atoms with Crippen LogP contribution < -0.4 is 0 Å². The molecule has 0 heterocycles. The van der Waals surface area contributed by atoms with Crippen molar-refractivity contribution in [3.05, 3.63) is 35.9 Å². The van der Waals surface area contributed by atoms with Crippen molar-refractivity contribution in [1.82, 2.24) is 0 Å². The molecule has 25 heavy (non-hydrogen) atoms. The first-order chi connectivity index (χ1) is 11.5. The van der Waals surface area contributed by atoms with E-state index in [1.54, 1.807) is 0 Å². The van der Waals surface area contributed by atoms with Gasteiger partial charge in [0.2, 0.25) is 0 Å². The van der Waals surface area contributed by atoms with Gasteiger partial charge in [0.15, 0.2) is 0 Å². The van der Waals surface area contributed by atoms with Gasteiger partial charge in [0, 0.05) is 0 Å². The Morgan fingerprint density at radius 1 is 1.12 bits per heavy atom. The molecule has 138 valence electrons. The highest BCUT2D eigenvalue weighted by Gasteiger charge is 2.59. The molecule has 2 atom stereocenters. The van der Waals surface area contributed by atoms with Crippen molar-refractivity contribution in [2.45, 2.75) is 66.6 Å². The monoisotopic (exact) mass is 346 g/mol. The van der Waals surface area contributed by atoms with E-state index in [1.165, 1.54) is 0 Å². The van der Waals surface area contributed by atoms with E-state index in [2.05, 4.69) is 0 Å². The standard InChI is InChI=1S/C21H30O4/c1-19(2,3)25-18(23)21(6)13-12-16(20(21,4)5)17(22)24-14-15-10-8-7-9-11-15/h7-11,16H,12-14H2,1-6H3/t16-,21-/m0/s1. The van der Waals surface area contributed by atoms with Crippen LogP contribution in [0, 0.1) is 16.7 Å². The molecule has 0 radical (unpaired) electrons. The number of carbonyl (C=O) groups excluding carboxylic acids is 2. The zero-order valence-electron chi connectivity index (χ0n) is 16.2. The topological polar surface area (TPSA) is 52.6 Å². The van der Waals surface area contributed by atoms with Gasteiger partial charge in [-0.1, -0.05) is 44.2 Å². The Balaban J connectivity index is 2.08. The van der Waals surface area contributed by atoms with Crippen molar-refractivity contribution in [3.63, 3.8) is 0 Å². The molecule has 1 saturated carbocycles. The third kappa shape index (κ3) is 4.05. The lowest BCUT2D eigenvalue weighted by Crippen LogP contribution is -2.45. The number of hydrogen-bond donors (Lipinski definition) is 0. The largest absolute Gasteiger partial charge is 0.461 e. The Kier molecular flexibility index (Phi) is 5.31. The Morgan fingerprint density at radius 3 is 2.28 bits per heavy atom. The Bertz CT molecular complexity index is 627. The summed E-state index contributed by atoms with van der Waals surface area (Å²) in [5.74, 6) is -0.779. The number of hydrogen-bond acceptors (Lipinski definition) is 4. The van der Waals surface area contributed by atoms with Gasteiger partial charge >= 0.3 is 11.9 Å². The highest BCUT2D eigenvalue weighted by Crippen LogP contribution is 2.57. The lowest BCUT2D eigenvalue weighted by Gasteiger charge is -2.40. The third-order valence-electron chi connectivity index (χ3n) is 5.58. The summed E-state index contributed by atoms with van der Waals surface area (Å²) in [4.78, 5) is 25.4. The Labute approximate surface area is 150 Å². The minimum atomic E-state index is -0.698. The lowest BCUT2D eigenvalue weighted by atomic mass is 9.65. The summed E-state index contributed by atoms with van der Waals surface area (Å²) in [7, 11) is 0. The second-order valence-electron chi connectivity index (χ2n) is 8.74. The minimum absolute atomic E-state index is 0.233. The fourth-order valence-corrected chi connectivity index (χ4v) is 3.50. The van der Waals surface area contributed by atoms with Gasteiger partial charge in [-0.25, -0.2) is 0 Å². The molecule has 1 aliphatic carbocycles. The number of carbonyl (C=O) groups is 2. The molecule has 4 nitrogen and oxygen atoms in total. The van der Waals surface area contributed by atoms with Crippen LogP contribution in [-0.4, -0.2) is 17.5 Å². The van der Waals surface area contributed by atoms with E-state index >= 15 is 0 Å². The minimum Gasteiger partial charge on any atom is -0.461 e. The molecule has 0 unspecified atom stereocenters. The maximum absolute atomic E-state index is 12.8. The fourth-order valence-electron chi connectivity index (χ4n) is 3.50. The van der Waals surface area contributed by atoms with Crippen molar-refractivity contribution >= 4 is 11.9 Å². The van der Waals surface area contributed by atoms with Crippen molar-refractivity contribution in [3.8, 4) is 0 Å². The van der Waals surface area contributed by atoms with Gasteiger partial charge in [-0.2, -0.15) is 0 Å². The third-order valence-corrected chi connectivity index (χ3v) is 5.58. The van der Waals surface area contributed by atoms with E-state index in [9.17, 15) is 9.59 Å². The molecule has 1 fully saturated rings. The maximum Gasteiger partial charge on any atom is 0.312 e. The first kappa shape index (κ1) is 19.5. The predicted molar refractivity (Wildman–Crippen MR) is 96.7 cm³/mol. The molecule has 0 aliphatic heterocycles. The average molecular weight is 346 g/mol. The van der Waals surface area contributed by atoms with Crippen molar-refractivity contribution in [1.29, 1.82) is 0 Å². The molecule has 1 aromatic carbocycles. The van der Waals surface area contributed by atoms with Crippen LogP contribution in [0.25, 0.3) is 0 Å². The number of ether oxygens (including phenoxy) is 2. The molecular formula is C21H30O4. The zero-order chi connectivity index (χ0) is 18.9. The highest BCUT2D eigenvalue weighted by atomic mass is 16.6. The van der Waals surface area contributed by atoms with Crippen molar-refractivity contribution in [2.24, 2.45) is 16.7 Å². The van der Waals surface area contributed by atoms with E-state index in [0.717, 1.165) is 5.56 Å². The van der Waals surface area contributed by atoms with E-state index in [0.29, 0.717) is 12.8 Å². The van der Waals surface area contributed by atoms with Crippen molar-refractivity contribution in [2.75, 3.05) is 0 Å². The Hall–Kier alpha value is -1.84. The summed E-state index contributed by atoms with van der Waals surface area (Å²) in [5, 5.41) is 0. The van der Waals surface area contributed by atoms with Gasteiger partial charge < -0.3 is 9.47 Å². The van der Waals surface area contributed by atoms with Crippen LogP contribution in [0.2, 0.25) is 0 Å². The van der Waals surface area contributed by atoms with E-state index in [-0.39, 0.29) is 24.5 Å². The first-order valence-corrected chi connectivity index (χ1v) is 8.91. The lowest BCUT2D eigenvalue weighted by molar-refractivity contribution is -0.175. The molecule has 1 aliphatic rings. The summed E-state index contributed by atoms with van der Waals surface area (Å²) in [5.41, 5.74) is -0.802. The first-order valence-electron chi connectivity index (χ1n) is 8.91. The van der Waals surface area contributed by atoms with Crippen LogP contribution in [-0.2, 0) is 25.7 Å². The highest BCUT2D eigenvalue weighted by molar-refractivity contribution is 5.82. The fraction of sp³-hybridized carbons (Fsp3) is 0.619. The summed E-state index contributed by atoms with van der Waals surface area (Å²) >= 11 is 0. The van der Waals surface area contributed by atoms with Gasteiger partial charge in [-0.3, -0.25) is 9.59 Å². The van der Waals surface area contributed by atoms with Crippen molar-refractivity contribution < 1.29 is 19.1 Å². The number of esters is 2. The molecule has 0 amide bonds. The second-order valence-corrected chi connectivity index (χ2v) is 8.74. The van der Waals surface area contributed by atoms with Gasteiger partial charge in [0.1, 0.15) is 12.2 Å². The molecule has 0 saturated heterocycles. The van der Waals surface area contributed by atoms with E-state index < -0.39 is 16.4 Å². The quantitative estimate of drug-likeness (QED) is 0.753. The summed E-state index contributed by atoms with van der Waals surface area (Å²) < 4.78 is 11.2. The molecule has 1 aromatic rings. The summed E-state index contributed by atoms with van der Waals surface area (Å²) in [6.45, 7) is 11.7.